The first kappa shape index (κ1) is 24.6. The van der Waals surface area contributed by atoms with Crippen LogP contribution in [0, 0.1) is 27.4 Å². The van der Waals surface area contributed by atoms with Gasteiger partial charge in [-0.15, -0.1) is 0 Å². The third-order valence-corrected chi connectivity index (χ3v) is 5.55. The molecule has 2 atom stereocenters. The van der Waals surface area contributed by atoms with E-state index in [0.29, 0.717) is 17.7 Å². The Hall–Kier alpha value is -2.48. The predicted molar refractivity (Wildman–Crippen MR) is 114 cm³/mol. The van der Waals surface area contributed by atoms with Gasteiger partial charge in [0.15, 0.2) is 0 Å². The quantitative estimate of drug-likeness (QED) is 0.306. The monoisotopic (exact) mass is 406 g/mol. The van der Waals surface area contributed by atoms with Crippen LogP contribution in [0.4, 0.5) is 10.5 Å². The number of amides is 1. The van der Waals surface area contributed by atoms with Gasteiger partial charge in [-0.2, -0.15) is 0 Å². The highest BCUT2D eigenvalue weighted by atomic mass is 16.6. The lowest BCUT2D eigenvalue weighted by Gasteiger charge is -2.38. The van der Waals surface area contributed by atoms with Crippen molar-refractivity contribution < 1.29 is 14.5 Å². The molecule has 0 bridgehead atoms. The second-order valence-corrected chi connectivity index (χ2v) is 7.91. The lowest BCUT2D eigenvalue weighted by Crippen LogP contribution is -2.43. The molecule has 0 heterocycles. The van der Waals surface area contributed by atoms with Gasteiger partial charge in [-0.05, 0) is 69.9 Å². The van der Waals surface area contributed by atoms with Crippen LogP contribution in [0.3, 0.4) is 0 Å². The van der Waals surface area contributed by atoms with Crippen molar-refractivity contribution in [3.8, 4) is 0 Å². The molecule has 0 fully saturated rings. The largest absolute Gasteiger partial charge is 0.443 e. The van der Waals surface area contributed by atoms with Gasteiger partial charge in [0.1, 0.15) is 5.60 Å². The zero-order chi connectivity index (χ0) is 22.2. The third kappa shape index (κ3) is 7.45. The molecule has 0 saturated carbocycles. The van der Waals surface area contributed by atoms with Gasteiger partial charge in [0.2, 0.25) is 0 Å². The molecule has 162 valence electrons. The van der Waals surface area contributed by atoms with Crippen molar-refractivity contribution in [3.63, 3.8) is 0 Å². The Bertz CT molecular complexity index is 699. The Kier molecular flexibility index (Phi) is 9.23. The topological polar surface area (TPSA) is 123 Å². The number of non-ortho nitro benzene ring substituents is 1. The van der Waals surface area contributed by atoms with Gasteiger partial charge in [0, 0.05) is 23.8 Å². The van der Waals surface area contributed by atoms with Gasteiger partial charge >= 0.3 is 6.09 Å². The predicted octanol–water partition coefficient (Wildman–Crippen LogP) is 4.21. The van der Waals surface area contributed by atoms with Crippen LogP contribution < -0.4 is 5.73 Å². The van der Waals surface area contributed by atoms with Gasteiger partial charge < -0.3 is 20.8 Å². The molecular formula is C21H34N4O4. The maximum atomic E-state index is 11.4. The fourth-order valence-electron chi connectivity index (χ4n) is 3.88. The lowest BCUT2D eigenvalue weighted by atomic mass is 9.76. The number of ether oxygens (including phenoxy) is 1. The summed E-state index contributed by atoms with van der Waals surface area (Å²) < 4.78 is 5.42. The Morgan fingerprint density at radius 2 is 1.83 bits per heavy atom. The van der Waals surface area contributed by atoms with E-state index in [2.05, 4.69) is 18.7 Å². The van der Waals surface area contributed by atoms with Crippen LogP contribution in [0.25, 0.3) is 0 Å². The van der Waals surface area contributed by atoms with E-state index in [1.807, 2.05) is 20.8 Å². The van der Waals surface area contributed by atoms with Crippen LogP contribution in [0.1, 0.15) is 53.0 Å². The second-order valence-electron chi connectivity index (χ2n) is 7.91. The summed E-state index contributed by atoms with van der Waals surface area (Å²) in [5.41, 5.74) is 5.57. The number of nitro benzene ring substituents is 1. The first-order valence-electron chi connectivity index (χ1n) is 10.0. The molecule has 0 aliphatic rings. The number of carbonyl (C=O) groups is 1. The van der Waals surface area contributed by atoms with Crippen LogP contribution >= 0.6 is 0 Å². The van der Waals surface area contributed by atoms with Crippen molar-refractivity contribution in [2.45, 2.75) is 53.1 Å². The molecule has 1 aromatic rings. The number of hydrogen-bond donors (Lipinski definition) is 2. The molecule has 1 aromatic carbocycles. The maximum Gasteiger partial charge on any atom is 0.405 e. The van der Waals surface area contributed by atoms with Gasteiger partial charge in [0.05, 0.1) is 4.92 Å². The molecule has 1 amide bonds. The minimum atomic E-state index is -0.805. The van der Waals surface area contributed by atoms with Gasteiger partial charge in [0.25, 0.3) is 5.69 Å². The highest BCUT2D eigenvalue weighted by Gasteiger charge is 2.37. The van der Waals surface area contributed by atoms with Crippen molar-refractivity contribution in [2.75, 3.05) is 19.6 Å². The summed E-state index contributed by atoms with van der Waals surface area (Å²) in [4.78, 5) is 24.1. The molecule has 0 aliphatic heterocycles. The molecule has 0 aromatic heterocycles. The first-order valence-corrected chi connectivity index (χ1v) is 10.0. The van der Waals surface area contributed by atoms with Crippen LogP contribution in [-0.2, 0) is 4.74 Å². The van der Waals surface area contributed by atoms with E-state index in [4.69, 9.17) is 15.9 Å². The number of hydrogen-bond acceptors (Lipinski definition) is 6. The van der Waals surface area contributed by atoms with E-state index < -0.39 is 16.6 Å². The van der Waals surface area contributed by atoms with E-state index >= 15 is 0 Å². The SMILES string of the molecule is CCN(CC)CCC([C@H](C)CC(=N)c1ccc([N+](=O)[O-])cc1)C(C)(C)OC(N)=O. The summed E-state index contributed by atoms with van der Waals surface area (Å²) in [5, 5.41) is 19.3. The Morgan fingerprint density at radius 3 is 2.28 bits per heavy atom. The standard InChI is InChI=1S/C21H34N4O4/c1-6-24(7-2)13-12-18(21(4,5)29-20(23)26)15(3)14-19(22)16-8-10-17(11-9-16)25(27)28/h8-11,15,18,22H,6-7,12-14H2,1-5H3,(H2,23,26)/t15-,18?/m1/s1. The van der Waals surface area contributed by atoms with Crippen molar-refractivity contribution in [1.82, 2.24) is 4.90 Å². The average Bonchev–Trinajstić information content (AvgIpc) is 2.63. The lowest BCUT2D eigenvalue weighted by molar-refractivity contribution is -0.384. The Balaban J connectivity index is 2.96. The number of nitro groups is 1. The van der Waals surface area contributed by atoms with Crippen LogP contribution in [-0.4, -0.2) is 46.9 Å². The van der Waals surface area contributed by atoms with Crippen molar-refractivity contribution in [3.05, 3.63) is 39.9 Å². The summed E-state index contributed by atoms with van der Waals surface area (Å²) in [6.07, 6.45) is 0.462. The zero-order valence-electron chi connectivity index (χ0n) is 18.1. The van der Waals surface area contributed by atoms with Crippen LogP contribution in [0.15, 0.2) is 24.3 Å². The Morgan fingerprint density at radius 1 is 1.28 bits per heavy atom. The summed E-state index contributed by atoms with van der Waals surface area (Å²) in [5.74, 6) is 0.0385. The fourth-order valence-corrected chi connectivity index (χ4v) is 3.88. The molecule has 0 spiro atoms. The molecule has 0 radical (unpaired) electrons. The minimum absolute atomic E-state index is 0.00249. The number of nitrogens with zero attached hydrogens (tertiary/aromatic N) is 2. The molecule has 8 nitrogen and oxygen atoms in total. The molecule has 0 aliphatic carbocycles. The molecule has 29 heavy (non-hydrogen) atoms. The number of primary amides is 1. The number of nitrogens with two attached hydrogens (primary N) is 1. The van der Waals surface area contributed by atoms with E-state index in [1.54, 1.807) is 12.1 Å². The summed E-state index contributed by atoms with van der Waals surface area (Å²) >= 11 is 0. The Labute approximate surface area is 173 Å². The first-order chi connectivity index (χ1) is 13.5. The maximum absolute atomic E-state index is 11.4. The number of carbonyl (C=O) groups excluding carboxylic acids is 1. The summed E-state index contributed by atoms with van der Waals surface area (Å²) in [7, 11) is 0. The second kappa shape index (κ2) is 10.9. The summed E-state index contributed by atoms with van der Waals surface area (Å²) in [6.45, 7) is 12.7. The molecular weight excluding hydrogens is 372 g/mol. The third-order valence-electron chi connectivity index (χ3n) is 5.55. The highest BCUT2D eigenvalue weighted by Crippen LogP contribution is 2.34. The average molecular weight is 407 g/mol. The normalized spacial score (nSPS) is 13.7. The molecule has 1 unspecified atom stereocenters. The highest BCUT2D eigenvalue weighted by molar-refractivity contribution is 5.98. The van der Waals surface area contributed by atoms with E-state index in [9.17, 15) is 14.9 Å². The minimum Gasteiger partial charge on any atom is -0.443 e. The van der Waals surface area contributed by atoms with Crippen molar-refractivity contribution >= 4 is 17.5 Å². The molecule has 0 saturated heterocycles. The van der Waals surface area contributed by atoms with E-state index in [0.717, 1.165) is 26.1 Å². The van der Waals surface area contributed by atoms with Gasteiger partial charge in [-0.25, -0.2) is 4.79 Å². The van der Waals surface area contributed by atoms with Crippen molar-refractivity contribution in [1.29, 1.82) is 5.41 Å². The van der Waals surface area contributed by atoms with Crippen LogP contribution in [0.5, 0.6) is 0 Å². The van der Waals surface area contributed by atoms with Gasteiger partial charge in [-0.1, -0.05) is 20.8 Å². The zero-order valence-corrected chi connectivity index (χ0v) is 18.1. The van der Waals surface area contributed by atoms with E-state index in [1.165, 1.54) is 12.1 Å². The molecule has 8 heteroatoms. The smallest absolute Gasteiger partial charge is 0.405 e. The van der Waals surface area contributed by atoms with Gasteiger partial charge in [-0.3, -0.25) is 10.1 Å². The molecule has 3 N–H and O–H groups in total. The van der Waals surface area contributed by atoms with Crippen LogP contribution in [0.2, 0.25) is 0 Å². The number of nitrogens with one attached hydrogen (secondary N) is 1. The van der Waals surface area contributed by atoms with Crippen molar-refractivity contribution in [2.24, 2.45) is 17.6 Å². The number of benzene rings is 1. The summed E-state index contributed by atoms with van der Waals surface area (Å²) in [6, 6.07) is 6.02. The fraction of sp³-hybridized carbons (Fsp3) is 0.619. The number of rotatable bonds is 12. The molecule has 1 rings (SSSR count). The van der Waals surface area contributed by atoms with E-state index in [-0.39, 0.29) is 17.5 Å².